The molecule has 0 N–H and O–H groups in total. The Balaban J connectivity index is 1.40. The molecule has 0 radical (unpaired) electrons. The molecule has 7 heteroatoms. The standard InChI is InChI=1S/C18H25N5O2/c1-13-8-14(2)23(19-13)17-5-6-18(24)22(20-17)11-15-9-21(10-15)12-16-4-3-7-25-16/h5-6,8,15-16H,3-4,7,9-12H2,1-2H3. The predicted octanol–water partition coefficient (Wildman–Crippen LogP) is 1.16. The lowest BCUT2D eigenvalue weighted by Gasteiger charge is -2.40. The van der Waals surface area contributed by atoms with Crippen molar-refractivity contribution in [3.8, 4) is 5.82 Å². The van der Waals surface area contributed by atoms with Gasteiger partial charge in [0, 0.05) is 43.9 Å². The van der Waals surface area contributed by atoms with Crippen molar-refractivity contribution in [2.75, 3.05) is 26.2 Å². The third-order valence-corrected chi connectivity index (χ3v) is 5.03. The van der Waals surface area contributed by atoms with Crippen molar-refractivity contribution in [3.05, 3.63) is 39.9 Å². The fraction of sp³-hybridized carbons (Fsp3) is 0.611. The van der Waals surface area contributed by atoms with Crippen molar-refractivity contribution in [2.24, 2.45) is 5.92 Å². The SMILES string of the molecule is Cc1cc(C)n(-c2ccc(=O)n(CC3CN(CC4CCCO4)C3)n2)n1. The summed E-state index contributed by atoms with van der Waals surface area (Å²) in [7, 11) is 0. The Bertz CT molecular complexity index is 800. The van der Waals surface area contributed by atoms with Gasteiger partial charge in [0.1, 0.15) is 0 Å². The number of ether oxygens (including phenoxy) is 1. The Hall–Kier alpha value is -1.99. The maximum atomic E-state index is 12.2. The van der Waals surface area contributed by atoms with Crippen LogP contribution in [0.15, 0.2) is 23.0 Å². The summed E-state index contributed by atoms with van der Waals surface area (Å²) in [6.45, 7) is 8.55. The Kier molecular flexibility index (Phi) is 4.43. The van der Waals surface area contributed by atoms with Crippen molar-refractivity contribution in [2.45, 2.75) is 39.3 Å². The number of hydrogen-bond acceptors (Lipinski definition) is 5. The van der Waals surface area contributed by atoms with Gasteiger partial charge in [0.2, 0.25) is 0 Å². The van der Waals surface area contributed by atoms with Crippen molar-refractivity contribution < 1.29 is 4.74 Å². The quantitative estimate of drug-likeness (QED) is 0.815. The number of likely N-dealkylation sites (tertiary alicyclic amines) is 1. The molecule has 2 fully saturated rings. The molecular formula is C18H25N5O2. The first-order chi connectivity index (χ1) is 12.1. The molecule has 1 atom stereocenters. The van der Waals surface area contributed by atoms with E-state index in [1.165, 1.54) is 12.8 Å². The highest BCUT2D eigenvalue weighted by Crippen LogP contribution is 2.21. The molecule has 0 amide bonds. The molecule has 2 aliphatic rings. The molecule has 2 aromatic rings. The van der Waals surface area contributed by atoms with E-state index in [0.29, 0.717) is 24.4 Å². The molecule has 0 bridgehead atoms. The summed E-state index contributed by atoms with van der Waals surface area (Å²) < 4.78 is 9.06. The number of nitrogens with zero attached hydrogens (tertiary/aromatic N) is 5. The molecule has 2 aliphatic heterocycles. The zero-order valence-corrected chi connectivity index (χ0v) is 14.9. The van der Waals surface area contributed by atoms with Crippen molar-refractivity contribution in [1.82, 2.24) is 24.5 Å². The van der Waals surface area contributed by atoms with E-state index in [9.17, 15) is 4.79 Å². The number of rotatable bonds is 5. The number of aryl methyl sites for hydroxylation is 2. The van der Waals surface area contributed by atoms with Crippen LogP contribution in [-0.4, -0.2) is 56.8 Å². The molecule has 25 heavy (non-hydrogen) atoms. The summed E-state index contributed by atoms with van der Waals surface area (Å²) in [4.78, 5) is 14.6. The van der Waals surface area contributed by atoms with Gasteiger partial charge in [-0.3, -0.25) is 9.69 Å². The Morgan fingerprint density at radius 2 is 2.04 bits per heavy atom. The molecule has 4 rings (SSSR count). The Labute approximate surface area is 147 Å². The molecule has 134 valence electrons. The largest absolute Gasteiger partial charge is 0.377 e. The van der Waals surface area contributed by atoms with E-state index in [1.807, 2.05) is 19.9 Å². The fourth-order valence-corrected chi connectivity index (χ4v) is 3.80. The minimum Gasteiger partial charge on any atom is -0.377 e. The van der Waals surface area contributed by atoms with Gasteiger partial charge in [-0.2, -0.15) is 5.10 Å². The van der Waals surface area contributed by atoms with E-state index >= 15 is 0 Å². The van der Waals surface area contributed by atoms with Gasteiger partial charge in [0.05, 0.1) is 18.3 Å². The lowest BCUT2D eigenvalue weighted by Crippen LogP contribution is -2.51. The van der Waals surface area contributed by atoms with Crippen molar-refractivity contribution in [3.63, 3.8) is 0 Å². The monoisotopic (exact) mass is 343 g/mol. The first-order valence-electron chi connectivity index (χ1n) is 9.04. The van der Waals surface area contributed by atoms with Crippen LogP contribution in [0.25, 0.3) is 5.82 Å². The normalized spacial score (nSPS) is 21.6. The molecule has 1 unspecified atom stereocenters. The fourth-order valence-electron chi connectivity index (χ4n) is 3.80. The zero-order valence-electron chi connectivity index (χ0n) is 14.9. The summed E-state index contributed by atoms with van der Waals surface area (Å²) in [6.07, 6.45) is 2.75. The van der Waals surface area contributed by atoms with E-state index in [4.69, 9.17) is 4.74 Å². The average molecular weight is 343 g/mol. The van der Waals surface area contributed by atoms with E-state index in [-0.39, 0.29) is 5.56 Å². The zero-order chi connectivity index (χ0) is 17.4. The van der Waals surface area contributed by atoms with Gasteiger partial charge < -0.3 is 4.74 Å². The summed E-state index contributed by atoms with van der Waals surface area (Å²) in [5.74, 6) is 1.17. The second-order valence-electron chi connectivity index (χ2n) is 7.27. The summed E-state index contributed by atoms with van der Waals surface area (Å²) >= 11 is 0. The van der Waals surface area contributed by atoms with Crippen LogP contribution < -0.4 is 5.56 Å². The Morgan fingerprint density at radius 1 is 1.20 bits per heavy atom. The van der Waals surface area contributed by atoms with Gasteiger partial charge >= 0.3 is 0 Å². The van der Waals surface area contributed by atoms with Crippen LogP contribution in [0.5, 0.6) is 0 Å². The third-order valence-electron chi connectivity index (χ3n) is 5.03. The number of hydrogen-bond donors (Lipinski definition) is 0. The van der Waals surface area contributed by atoms with Gasteiger partial charge in [-0.25, -0.2) is 9.36 Å². The van der Waals surface area contributed by atoms with Crippen LogP contribution in [0, 0.1) is 19.8 Å². The van der Waals surface area contributed by atoms with Crippen LogP contribution in [0.2, 0.25) is 0 Å². The maximum absolute atomic E-state index is 12.2. The van der Waals surface area contributed by atoms with Crippen molar-refractivity contribution >= 4 is 0 Å². The minimum absolute atomic E-state index is 0.0529. The first kappa shape index (κ1) is 16.5. The highest BCUT2D eigenvalue weighted by molar-refractivity contribution is 5.23. The van der Waals surface area contributed by atoms with Gasteiger partial charge in [0.25, 0.3) is 5.56 Å². The summed E-state index contributed by atoms with van der Waals surface area (Å²) in [6, 6.07) is 5.33. The summed E-state index contributed by atoms with van der Waals surface area (Å²) in [5.41, 5.74) is 1.91. The topological polar surface area (TPSA) is 65.2 Å². The molecule has 0 spiro atoms. The molecular weight excluding hydrogens is 318 g/mol. The molecule has 0 aliphatic carbocycles. The second kappa shape index (κ2) is 6.72. The smallest absolute Gasteiger partial charge is 0.266 e. The minimum atomic E-state index is -0.0529. The highest BCUT2D eigenvalue weighted by Gasteiger charge is 2.30. The van der Waals surface area contributed by atoms with E-state index in [1.54, 1.807) is 21.5 Å². The molecule has 4 heterocycles. The van der Waals surface area contributed by atoms with E-state index in [2.05, 4.69) is 15.1 Å². The number of aromatic nitrogens is 4. The van der Waals surface area contributed by atoms with Gasteiger partial charge in [0.15, 0.2) is 5.82 Å². The lowest BCUT2D eigenvalue weighted by atomic mass is 9.99. The van der Waals surface area contributed by atoms with E-state index < -0.39 is 0 Å². The van der Waals surface area contributed by atoms with Crippen LogP contribution in [0.1, 0.15) is 24.2 Å². The first-order valence-corrected chi connectivity index (χ1v) is 9.04. The third kappa shape index (κ3) is 3.52. The molecule has 7 nitrogen and oxygen atoms in total. The molecule has 2 saturated heterocycles. The van der Waals surface area contributed by atoms with Gasteiger partial charge in [-0.15, -0.1) is 5.10 Å². The maximum Gasteiger partial charge on any atom is 0.266 e. The van der Waals surface area contributed by atoms with Crippen LogP contribution in [0.3, 0.4) is 0 Å². The van der Waals surface area contributed by atoms with Crippen LogP contribution >= 0.6 is 0 Å². The van der Waals surface area contributed by atoms with E-state index in [0.717, 1.165) is 37.6 Å². The highest BCUT2D eigenvalue weighted by atomic mass is 16.5. The Morgan fingerprint density at radius 3 is 2.72 bits per heavy atom. The van der Waals surface area contributed by atoms with Crippen LogP contribution in [-0.2, 0) is 11.3 Å². The van der Waals surface area contributed by atoms with Gasteiger partial charge in [-0.05, 0) is 38.8 Å². The summed E-state index contributed by atoms with van der Waals surface area (Å²) in [5, 5.41) is 8.98. The van der Waals surface area contributed by atoms with Crippen molar-refractivity contribution in [1.29, 1.82) is 0 Å². The van der Waals surface area contributed by atoms with Crippen LogP contribution in [0.4, 0.5) is 0 Å². The molecule has 2 aromatic heterocycles. The van der Waals surface area contributed by atoms with Gasteiger partial charge in [-0.1, -0.05) is 0 Å². The molecule has 0 aromatic carbocycles. The second-order valence-corrected chi connectivity index (χ2v) is 7.27. The lowest BCUT2D eigenvalue weighted by molar-refractivity contribution is 0.0178. The average Bonchev–Trinajstić information content (AvgIpc) is 3.16. The predicted molar refractivity (Wildman–Crippen MR) is 94.0 cm³/mol. The molecule has 0 saturated carbocycles.